The monoisotopic (exact) mass is 436 g/mol. The molecular formula is C26H25N2NaO3. The molecule has 0 atom stereocenters. The molecule has 0 unspecified atom stereocenters. The molecular weight excluding hydrogens is 411 g/mol. The molecule has 3 aromatic carbocycles. The average molecular weight is 436 g/mol. The zero-order valence-corrected chi connectivity index (χ0v) is 17.1. The summed E-state index contributed by atoms with van der Waals surface area (Å²) in [6.45, 7) is 0.402. The summed E-state index contributed by atoms with van der Waals surface area (Å²) < 4.78 is 8.13. The van der Waals surface area contributed by atoms with Gasteiger partial charge in [-0.3, -0.25) is 9.36 Å². The number of rotatable bonds is 9. The fourth-order valence-electron chi connectivity index (χ4n) is 3.51. The van der Waals surface area contributed by atoms with Crippen molar-refractivity contribution in [1.29, 1.82) is 0 Å². The molecule has 0 saturated heterocycles. The summed E-state index contributed by atoms with van der Waals surface area (Å²) >= 11 is 0. The van der Waals surface area contributed by atoms with Crippen LogP contribution in [0.3, 0.4) is 0 Å². The molecule has 0 spiro atoms. The third-order valence-corrected chi connectivity index (χ3v) is 4.97. The van der Waals surface area contributed by atoms with Gasteiger partial charge in [-0.1, -0.05) is 78.9 Å². The normalized spacial score (nSPS) is 10.4. The van der Waals surface area contributed by atoms with Crippen molar-refractivity contribution in [3.63, 3.8) is 0 Å². The van der Waals surface area contributed by atoms with Gasteiger partial charge in [-0.15, -0.1) is 0 Å². The van der Waals surface area contributed by atoms with Gasteiger partial charge in [-0.2, -0.15) is 4.98 Å². The zero-order valence-electron chi connectivity index (χ0n) is 17.1. The second kappa shape index (κ2) is 11.7. The van der Waals surface area contributed by atoms with E-state index in [9.17, 15) is 4.79 Å². The van der Waals surface area contributed by atoms with E-state index in [0.717, 1.165) is 28.2 Å². The number of carboxylic acids is 1. The van der Waals surface area contributed by atoms with Crippen LogP contribution in [-0.2, 0) is 4.79 Å². The van der Waals surface area contributed by atoms with Gasteiger partial charge in [0.2, 0.25) is 0 Å². The number of benzene rings is 3. The Kier molecular flexibility index (Phi) is 8.68. The number of imidazole rings is 1. The van der Waals surface area contributed by atoms with Gasteiger partial charge in [0.1, 0.15) is 5.69 Å². The number of hydrogen-bond donors (Lipinski definition) is 1. The number of aliphatic carboxylic acids is 1. The molecule has 0 aliphatic heterocycles. The molecule has 0 aliphatic rings. The predicted molar refractivity (Wildman–Crippen MR) is 129 cm³/mol. The molecule has 1 heterocycles. The summed E-state index contributed by atoms with van der Waals surface area (Å²) in [6, 6.07) is 30.7. The van der Waals surface area contributed by atoms with Gasteiger partial charge in [-0.05, 0) is 25.0 Å². The van der Waals surface area contributed by atoms with Crippen LogP contribution in [0, 0.1) is 0 Å². The van der Waals surface area contributed by atoms with Crippen molar-refractivity contribution in [2.45, 2.75) is 19.3 Å². The molecule has 32 heavy (non-hydrogen) atoms. The molecule has 0 aliphatic carbocycles. The molecule has 0 fully saturated rings. The van der Waals surface area contributed by atoms with Crippen LogP contribution in [0.15, 0.2) is 91.0 Å². The molecule has 0 saturated carbocycles. The first kappa shape index (κ1) is 23.8. The van der Waals surface area contributed by atoms with Crippen molar-refractivity contribution in [2.75, 3.05) is 6.61 Å². The maximum absolute atomic E-state index is 10.8. The van der Waals surface area contributed by atoms with Crippen LogP contribution in [-0.4, -0.2) is 56.8 Å². The Balaban J connectivity index is 0.00000289. The summed E-state index contributed by atoms with van der Waals surface area (Å²) in [5.74, 6) is -0.788. The number of nitrogens with zero attached hydrogens (tertiary/aromatic N) is 2. The number of carbonyl (C=O) groups is 1. The van der Waals surface area contributed by atoms with Crippen LogP contribution in [0.5, 0.6) is 6.01 Å². The molecule has 1 aromatic heterocycles. The summed E-state index contributed by atoms with van der Waals surface area (Å²) in [4.78, 5) is 15.7. The van der Waals surface area contributed by atoms with Crippen LogP contribution in [0.4, 0.5) is 0 Å². The second-order valence-electron chi connectivity index (χ2n) is 7.19. The molecule has 4 aromatic rings. The van der Waals surface area contributed by atoms with E-state index in [-0.39, 0.29) is 36.0 Å². The SMILES string of the molecule is O=C(O)CCCCOc1nc(-c2ccccc2)c(-c2ccccc2)n1-c1ccccc1.[NaH]. The van der Waals surface area contributed by atoms with Gasteiger partial charge in [0.15, 0.2) is 0 Å². The number of ether oxygens (including phenoxy) is 1. The van der Waals surface area contributed by atoms with Crippen LogP contribution in [0.25, 0.3) is 28.2 Å². The fourth-order valence-corrected chi connectivity index (χ4v) is 3.51. The van der Waals surface area contributed by atoms with Gasteiger partial charge in [0.05, 0.1) is 18.0 Å². The predicted octanol–water partition coefficient (Wildman–Crippen LogP) is 5.19. The molecule has 158 valence electrons. The maximum atomic E-state index is 10.8. The minimum absolute atomic E-state index is 0. The summed E-state index contributed by atoms with van der Waals surface area (Å²) in [6.07, 6.45) is 1.36. The molecule has 5 nitrogen and oxygen atoms in total. The van der Waals surface area contributed by atoms with E-state index in [2.05, 4.69) is 12.1 Å². The van der Waals surface area contributed by atoms with E-state index in [1.165, 1.54) is 0 Å². The molecule has 0 bridgehead atoms. The Morgan fingerprint density at radius 3 is 1.97 bits per heavy atom. The van der Waals surface area contributed by atoms with E-state index in [0.29, 0.717) is 25.5 Å². The van der Waals surface area contributed by atoms with Gasteiger partial charge >= 0.3 is 41.5 Å². The van der Waals surface area contributed by atoms with Crippen molar-refractivity contribution in [1.82, 2.24) is 9.55 Å². The van der Waals surface area contributed by atoms with Crippen molar-refractivity contribution in [3.05, 3.63) is 91.0 Å². The minimum atomic E-state index is -0.788. The van der Waals surface area contributed by atoms with Crippen LogP contribution in [0.2, 0.25) is 0 Å². The van der Waals surface area contributed by atoms with Crippen molar-refractivity contribution in [2.24, 2.45) is 0 Å². The van der Waals surface area contributed by atoms with Crippen molar-refractivity contribution in [3.8, 4) is 34.2 Å². The number of aromatic nitrogens is 2. The van der Waals surface area contributed by atoms with Gasteiger partial charge in [0, 0.05) is 17.5 Å². The number of para-hydroxylation sites is 1. The van der Waals surface area contributed by atoms with E-state index >= 15 is 0 Å². The van der Waals surface area contributed by atoms with Crippen molar-refractivity contribution < 1.29 is 14.6 Å². The number of unbranched alkanes of at least 4 members (excludes halogenated alkanes) is 1. The quantitative estimate of drug-likeness (QED) is 0.290. The molecule has 6 heteroatoms. The van der Waals surface area contributed by atoms with E-state index in [4.69, 9.17) is 14.8 Å². The first-order chi connectivity index (χ1) is 15.2. The zero-order chi connectivity index (χ0) is 21.5. The van der Waals surface area contributed by atoms with Gasteiger partial charge < -0.3 is 9.84 Å². The van der Waals surface area contributed by atoms with E-state index < -0.39 is 5.97 Å². The molecule has 0 radical (unpaired) electrons. The van der Waals surface area contributed by atoms with Gasteiger partial charge in [-0.25, -0.2) is 0 Å². The number of hydrogen-bond acceptors (Lipinski definition) is 3. The first-order valence-electron chi connectivity index (χ1n) is 10.4. The van der Waals surface area contributed by atoms with Crippen LogP contribution >= 0.6 is 0 Å². The third-order valence-electron chi connectivity index (χ3n) is 4.97. The molecule has 0 amide bonds. The third kappa shape index (κ3) is 5.68. The Bertz CT molecular complexity index is 1130. The van der Waals surface area contributed by atoms with Crippen molar-refractivity contribution >= 4 is 35.5 Å². The molecule has 4 rings (SSSR count). The molecule has 1 N–H and O–H groups in total. The Morgan fingerprint density at radius 2 is 1.38 bits per heavy atom. The second-order valence-corrected chi connectivity index (χ2v) is 7.19. The Morgan fingerprint density at radius 1 is 0.812 bits per heavy atom. The van der Waals surface area contributed by atoms with E-state index in [1.54, 1.807) is 0 Å². The summed E-state index contributed by atoms with van der Waals surface area (Å²) in [5.41, 5.74) is 4.80. The van der Waals surface area contributed by atoms with Gasteiger partial charge in [0.25, 0.3) is 0 Å². The van der Waals surface area contributed by atoms with Crippen LogP contribution in [0.1, 0.15) is 19.3 Å². The number of carboxylic acid groups (broad SMARTS) is 1. The summed E-state index contributed by atoms with van der Waals surface area (Å²) in [7, 11) is 0. The average Bonchev–Trinajstić information content (AvgIpc) is 3.20. The Hall–Kier alpha value is -2.86. The van der Waals surface area contributed by atoms with Crippen LogP contribution < -0.4 is 4.74 Å². The summed E-state index contributed by atoms with van der Waals surface area (Å²) in [5, 5.41) is 8.86. The fraction of sp³-hybridized carbons (Fsp3) is 0.154. The van der Waals surface area contributed by atoms with E-state index in [1.807, 2.05) is 83.4 Å². The first-order valence-corrected chi connectivity index (χ1v) is 10.4. The topological polar surface area (TPSA) is 64.3 Å². The standard InChI is InChI=1S/C26H24N2O3.Na.H/c29-23(30)18-10-11-19-31-26-27-24(20-12-4-1-5-13-20)25(21-14-6-2-7-15-21)28(26)22-16-8-3-9-17-22;;/h1-9,12-17H,10-11,18-19H2,(H,29,30);;. The Labute approximate surface area is 210 Å².